The maximum atomic E-state index is 5.95. The highest BCUT2D eigenvalue weighted by Crippen LogP contribution is 2.37. The van der Waals surface area contributed by atoms with Crippen LogP contribution >= 0.6 is 0 Å². The van der Waals surface area contributed by atoms with Crippen LogP contribution in [0.3, 0.4) is 0 Å². The summed E-state index contributed by atoms with van der Waals surface area (Å²) in [5.41, 5.74) is 3.27. The molecule has 3 heteroatoms. The molecule has 1 aromatic rings. The van der Waals surface area contributed by atoms with Gasteiger partial charge in [-0.2, -0.15) is 0 Å². The van der Waals surface area contributed by atoms with Crippen molar-refractivity contribution in [3.63, 3.8) is 0 Å². The third kappa shape index (κ3) is 2.77. The zero-order valence-electron chi connectivity index (χ0n) is 12.8. The molecule has 1 fully saturated rings. The highest BCUT2D eigenvalue weighted by molar-refractivity contribution is 6.52. The average Bonchev–Trinajstić information content (AvgIpc) is 2.50. The molecule has 0 unspecified atom stereocenters. The van der Waals surface area contributed by atoms with E-state index < -0.39 is 0 Å². The molecule has 19 heavy (non-hydrogen) atoms. The van der Waals surface area contributed by atoms with Gasteiger partial charge in [-0.3, -0.25) is 0 Å². The first kappa shape index (κ1) is 14.4. The van der Waals surface area contributed by atoms with E-state index in [9.17, 15) is 0 Å². The molecule has 0 amide bonds. The Hall–Kier alpha value is -1.06. The molecular weight excluding hydrogens is 235 g/mol. The highest BCUT2D eigenvalue weighted by Gasteiger charge is 2.49. The zero-order chi connectivity index (χ0) is 14.3. The van der Waals surface area contributed by atoms with E-state index in [0.717, 1.165) is 0 Å². The van der Waals surface area contributed by atoms with E-state index >= 15 is 0 Å². The van der Waals surface area contributed by atoms with E-state index in [1.807, 2.05) is 5.98 Å². The topological polar surface area (TPSA) is 18.5 Å². The van der Waals surface area contributed by atoms with E-state index in [0.29, 0.717) is 0 Å². The van der Waals surface area contributed by atoms with Gasteiger partial charge < -0.3 is 9.31 Å². The second-order valence-electron chi connectivity index (χ2n) is 6.27. The summed E-state index contributed by atoms with van der Waals surface area (Å²) in [5.74, 6) is 2.00. The lowest BCUT2D eigenvalue weighted by Gasteiger charge is -2.32. The molecule has 1 aliphatic rings. The van der Waals surface area contributed by atoms with Crippen molar-refractivity contribution >= 4 is 13.2 Å². The summed E-state index contributed by atoms with van der Waals surface area (Å²) in [4.78, 5) is 0. The Morgan fingerprint density at radius 1 is 1.00 bits per heavy atom. The minimum absolute atomic E-state index is 0.273. The first-order valence-corrected chi connectivity index (χ1v) is 6.83. The Balaban J connectivity index is 2.15. The van der Waals surface area contributed by atoms with Gasteiger partial charge in [0.2, 0.25) is 0 Å². The lowest BCUT2D eigenvalue weighted by Crippen LogP contribution is -2.41. The Labute approximate surface area is 117 Å². The summed E-state index contributed by atoms with van der Waals surface area (Å²) in [6.45, 7) is 12.5. The van der Waals surface area contributed by atoms with Crippen LogP contribution in [-0.4, -0.2) is 18.3 Å². The molecule has 1 aliphatic heterocycles. The van der Waals surface area contributed by atoms with Gasteiger partial charge in [0.1, 0.15) is 0 Å². The minimum atomic E-state index is -0.274. The summed E-state index contributed by atoms with van der Waals surface area (Å²) >= 11 is 0. The van der Waals surface area contributed by atoms with Crippen molar-refractivity contribution in [3.8, 4) is 0 Å². The molecule has 0 radical (unpaired) electrons. The summed E-state index contributed by atoms with van der Waals surface area (Å²) in [6, 6.07) is 6.32. The number of benzene rings is 1. The fourth-order valence-electron chi connectivity index (χ4n) is 2.10. The normalized spacial score (nSPS) is 21.3. The van der Waals surface area contributed by atoms with Crippen molar-refractivity contribution in [2.45, 2.75) is 52.7 Å². The maximum absolute atomic E-state index is 5.95. The molecule has 0 saturated carbocycles. The van der Waals surface area contributed by atoms with Crippen molar-refractivity contribution < 1.29 is 9.31 Å². The monoisotopic (exact) mass is 258 g/mol. The molecule has 2 rings (SSSR count). The van der Waals surface area contributed by atoms with Crippen LogP contribution in [0.1, 0.15) is 44.4 Å². The van der Waals surface area contributed by atoms with Gasteiger partial charge in [-0.15, -0.1) is 0 Å². The van der Waals surface area contributed by atoms with Crippen molar-refractivity contribution in [1.29, 1.82) is 0 Å². The van der Waals surface area contributed by atoms with E-state index in [-0.39, 0.29) is 18.3 Å². The highest BCUT2D eigenvalue weighted by atomic mass is 16.7. The first-order chi connectivity index (χ1) is 8.73. The Morgan fingerprint density at radius 3 is 2.16 bits per heavy atom. The minimum Gasteiger partial charge on any atom is -0.400 e. The maximum Gasteiger partial charge on any atom is 0.487 e. The summed E-state index contributed by atoms with van der Waals surface area (Å²) in [7, 11) is -0.273. The molecule has 0 atom stereocenters. The largest absolute Gasteiger partial charge is 0.487 e. The van der Waals surface area contributed by atoms with Gasteiger partial charge in [-0.25, -0.2) is 0 Å². The number of hydrogen-bond acceptors (Lipinski definition) is 2. The van der Waals surface area contributed by atoms with Gasteiger partial charge in [-0.1, -0.05) is 30.3 Å². The molecule has 0 N–H and O–H groups in total. The Kier molecular flexibility index (Phi) is 3.63. The van der Waals surface area contributed by atoms with E-state index in [4.69, 9.17) is 9.31 Å². The lowest BCUT2D eigenvalue weighted by atomic mass is 9.88. The fraction of sp³-hybridized carbons (Fsp3) is 0.500. The van der Waals surface area contributed by atoms with Crippen LogP contribution in [0.5, 0.6) is 0 Å². The van der Waals surface area contributed by atoms with Crippen LogP contribution < -0.4 is 0 Å². The van der Waals surface area contributed by atoms with Crippen LogP contribution in [0.2, 0.25) is 0 Å². The molecular formula is C16H23BO2. The second-order valence-corrected chi connectivity index (χ2v) is 6.27. The standard InChI is InChI=1S/C16H23BO2/c1-12-8-7-9-14(13(12)2)10-11-17-18-15(3,4)16(5,6)19-17/h7-11H,1-6H3. The number of aryl methyl sites for hydroxylation is 1. The third-order valence-electron chi connectivity index (χ3n) is 4.35. The van der Waals surface area contributed by atoms with Crippen LogP contribution in [0.4, 0.5) is 0 Å². The molecule has 1 aromatic carbocycles. The van der Waals surface area contributed by atoms with Gasteiger partial charge in [0.15, 0.2) is 0 Å². The molecule has 1 saturated heterocycles. The van der Waals surface area contributed by atoms with Crippen molar-refractivity contribution in [2.24, 2.45) is 0 Å². The summed E-state index contributed by atoms with van der Waals surface area (Å²) in [6.07, 6.45) is 2.09. The van der Waals surface area contributed by atoms with Crippen LogP contribution in [0.15, 0.2) is 24.2 Å². The average molecular weight is 258 g/mol. The number of hydrogen-bond donors (Lipinski definition) is 0. The molecule has 2 nitrogen and oxygen atoms in total. The van der Waals surface area contributed by atoms with Crippen molar-refractivity contribution in [2.75, 3.05) is 0 Å². The molecule has 0 bridgehead atoms. The smallest absolute Gasteiger partial charge is 0.400 e. The van der Waals surface area contributed by atoms with Crippen LogP contribution in [0, 0.1) is 13.8 Å². The van der Waals surface area contributed by atoms with Gasteiger partial charge in [0.25, 0.3) is 0 Å². The molecule has 0 spiro atoms. The molecule has 0 aromatic heterocycles. The first-order valence-electron chi connectivity index (χ1n) is 6.83. The van der Waals surface area contributed by atoms with E-state index in [2.05, 4.69) is 65.8 Å². The summed E-state index contributed by atoms with van der Waals surface area (Å²) < 4.78 is 11.9. The fourth-order valence-corrected chi connectivity index (χ4v) is 2.10. The van der Waals surface area contributed by atoms with E-state index in [1.54, 1.807) is 0 Å². The summed E-state index contributed by atoms with van der Waals surface area (Å²) in [5, 5.41) is 0. The van der Waals surface area contributed by atoms with Gasteiger partial charge in [-0.05, 0) is 58.2 Å². The number of rotatable bonds is 2. The van der Waals surface area contributed by atoms with E-state index in [1.165, 1.54) is 16.7 Å². The van der Waals surface area contributed by atoms with Gasteiger partial charge in [0.05, 0.1) is 11.2 Å². The zero-order valence-corrected chi connectivity index (χ0v) is 12.8. The third-order valence-corrected chi connectivity index (χ3v) is 4.35. The second kappa shape index (κ2) is 4.80. The molecule has 1 heterocycles. The van der Waals surface area contributed by atoms with Crippen molar-refractivity contribution in [3.05, 3.63) is 40.9 Å². The van der Waals surface area contributed by atoms with Crippen LogP contribution in [-0.2, 0) is 9.31 Å². The van der Waals surface area contributed by atoms with Crippen molar-refractivity contribution in [1.82, 2.24) is 0 Å². The predicted molar refractivity (Wildman–Crippen MR) is 81.0 cm³/mol. The Bertz CT molecular complexity index is 487. The van der Waals surface area contributed by atoms with Gasteiger partial charge >= 0.3 is 7.12 Å². The Morgan fingerprint density at radius 2 is 1.58 bits per heavy atom. The lowest BCUT2D eigenvalue weighted by molar-refractivity contribution is 0.00578. The quantitative estimate of drug-likeness (QED) is 0.748. The van der Waals surface area contributed by atoms with Gasteiger partial charge in [0, 0.05) is 0 Å². The SMILES string of the molecule is Cc1cccc(C=CB2OC(C)(C)C(C)(C)O2)c1C. The molecule has 0 aliphatic carbocycles. The predicted octanol–water partition coefficient (Wildman–Crippen LogP) is 3.95. The van der Waals surface area contributed by atoms with Crippen LogP contribution in [0.25, 0.3) is 6.08 Å². The molecule has 102 valence electrons.